The first-order chi connectivity index (χ1) is 8.84. The topological polar surface area (TPSA) is 47.3 Å². The zero-order valence-corrected chi connectivity index (χ0v) is 10.9. The average Bonchev–Trinajstić information content (AvgIpc) is 2.35. The first kappa shape index (κ1) is 15.8. The zero-order valence-electron chi connectivity index (χ0n) is 10.9. The van der Waals surface area contributed by atoms with Crippen LogP contribution < -0.4 is 0 Å². The van der Waals surface area contributed by atoms with Crippen LogP contribution in [0.4, 0.5) is 13.2 Å². The van der Waals surface area contributed by atoms with E-state index in [0.29, 0.717) is 19.6 Å². The molecule has 19 heavy (non-hydrogen) atoms. The minimum absolute atomic E-state index is 0.0543. The van der Waals surface area contributed by atoms with Crippen LogP contribution in [0.2, 0.25) is 0 Å². The maximum Gasteiger partial charge on any atom is 0.391 e. The molecule has 0 radical (unpaired) electrons. The Morgan fingerprint density at radius 2 is 2.00 bits per heavy atom. The van der Waals surface area contributed by atoms with Crippen LogP contribution in [0.25, 0.3) is 0 Å². The second-order valence-corrected chi connectivity index (χ2v) is 4.82. The van der Waals surface area contributed by atoms with E-state index in [1.165, 1.54) is 4.90 Å². The molecule has 0 aromatic rings. The summed E-state index contributed by atoms with van der Waals surface area (Å²) in [6.45, 7) is 1.07. The number of likely N-dealkylation sites (N-methyl/N-ethyl adjacent to an activating group) is 1. The van der Waals surface area contributed by atoms with Gasteiger partial charge in [-0.15, -0.1) is 0 Å². The van der Waals surface area contributed by atoms with Crippen LogP contribution in [0.1, 0.15) is 19.3 Å². The standard InChI is InChI=1S/C12H18F3N3O/c1-17(6-2-5-16)11(19)9-18-7-3-10(4-8-18)12(13,14)15/h10H,2-4,6-9H2,1H3. The lowest BCUT2D eigenvalue weighted by Crippen LogP contribution is -2.44. The van der Waals surface area contributed by atoms with E-state index < -0.39 is 12.1 Å². The molecule has 1 saturated heterocycles. The molecule has 0 atom stereocenters. The lowest BCUT2D eigenvalue weighted by atomic mass is 9.96. The Bertz CT molecular complexity index is 343. The maximum atomic E-state index is 12.5. The minimum atomic E-state index is -4.13. The molecule has 0 aromatic heterocycles. The van der Waals surface area contributed by atoms with Crippen molar-refractivity contribution in [3.63, 3.8) is 0 Å². The number of likely N-dealkylation sites (tertiary alicyclic amines) is 1. The Balaban J connectivity index is 2.33. The predicted molar refractivity (Wildman–Crippen MR) is 63.1 cm³/mol. The molecule has 0 bridgehead atoms. The summed E-state index contributed by atoms with van der Waals surface area (Å²) in [7, 11) is 1.60. The van der Waals surface area contributed by atoms with Gasteiger partial charge in [0.2, 0.25) is 5.91 Å². The van der Waals surface area contributed by atoms with Crippen molar-refractivity contribution in [3.8, 4) is 6.07 Å². The highest BCUT2D eigenvalue weighted by atomic mass is 19.4. The Kier molecular flexibility index (Phi) is 5.60. The number of nitriles is 1. The first-order valence-corrected chi connectivity index (χ1v) is 6.24. The van der Waals surface area contributed by atoms with Gasteiger partial charge >= 0.3 is 6.18 Å². The van der Waals surface area contributed by atoms with Crippen molar-refractivity contribution in [2.24, 2.45) is 5.92 Å². The van der Waals surface area contributed by atoms with Crippen molar-refractivity contribution in [1.29, 1.82) is 5.26 Å². The van der Waals surface area contributed by atoms with Gasteiger partial charge < -0.3 is 4.90 Å². The van der Waals surface area contributed by atoms with E-state index in [1.807, 2.05) is 6.07 Å². The molecular weight excluding hydrogens is 259 g/mol. The van der Waals surface area contributed by atoms with Crippen LogP contribution in [0, 0.1) is 17.2 Å². The molecule has 0 unspecified atom stereocenters. The SMILES string of the molecule is CN(CCC#N)C(=O)CN1CCC(C(F)(F)F)CC1. The van der Waals surface area contributed by atoms with Crippen LogP contribution in [0.3, 0.4) is 0 Å². The molecule has 1 amide bonds. The summed E-state index contributed by atoms with van der Waals surface area (Å²) in [6.07, 6.45) is -3.75. The predicted octanol–water partition coefficient (Wildman–Crippen LogP) is 1.63. The number of amides is 1. The molecule has 108 valence electrons. The molecule has 0 saturated carbocycles. The molecule has 1 aliphatic heterocycles. The highest BCUT2D eigenvalue weighted by Crippen LogP contribution is 2.33. The van der Waals surface area contributed by atoms with Gasteiger partial charge in [-0.05, 0) is 25.9 Å². The van der Waals surface area contributed by atoms with Gasteiger partial charge in [-0.25, -0.2) is 0 Å². The summed E-state index contributed by atoms with van der Waals surface area (Å²) in [6, 6.07) is 1.95. The van der Waals surface area contributed by atoms with Gasteiger partial charge in [0.05, 0.1) is 25.0 Å². The van der Waals surface area contributed by atoms with Crippen LogP contribution in [0.5, 0.6) is 0 Å². The van der Waals surface area contributed by atoms with E-state index in [0.717, 1.165) is 0 Å². The third-order valence-electron chi connectivity index (χ3n) is 3.39. The summed E-state index contributed by atoms with van der Waals surface area (Å²) in [5.41, 5.74) is 0. The number of nitrogens with zero attached hydrogens (tertiary/aromatic N) is 3. The molecule has 1 aliphatic rings. The molecule has 1 rings (SSSR count). The number of carbonyl (C=O) groups excluding carboxylic acids is 1. The summed E-state index contributed by atoms with van der Waals surface area (Å²) in [5, 5.41) is 8.42. The van der Waals surface area contributed by atoms with Crippen molar-refractivity contribution in [2.75, 3.05) is 33.2 Å². The number of hydrogen-bond acceptors (Lipinski definition) is 3. The van der Waals surface area contributed by atoms with Gasteiger partial charge in [0.1, 0.15) is 0 Å². The number of piperidine rings is 1. The smallest absolute Gasteiger partial charge is 0.344 e. The van der Waals surface area contributed by atoms with Crippen LogP contribution in [-0.2, 0) is 4.79 Å². The fourth-order valence-electron chi connectivity index (χ4n) is 2.07. The Morgan fingerprint density at radius 1 is 1.42 bits per heavy atom. The molecule has 0 aromatic carbocycles. The van der Waals surface area contributed by atoms with Crippen molar-refractivity contribution in [1.82, 2.24) is 9.80 Å². The van der Waals surface area contributed by atoms with E-state index in [1.54, 1.807) is 11.9 Å². The average molecular weight is 277 g/mol. The number of halogens is 3. The van der Waals surface area contributed by atoms with Crippen molar-refractivity contribution in [3.05, 3.63) is 0 Å². The zero-order chi connectivity index (χ0) is 14.5. The summed E-state index contributed by atoms with van der Waals surface area (Å²) >= 11 is 0. The first-order valence-electron chi connectivity index (χ1n) is 6.24. The summed E-state index contributed by atoms with van der Waals surface area (Å²) in [4.78, 5) is 14.9. The Morgan fingerprint density at radius 3 is 2.47 bits per heavy atom. The number of hydrogen-bond donors (Lipinski definition) is 0. The molecular formula is C12H18F3N3O. The lowest BCUT2D eigenvalue weighted by Gasteiger charge is -2.33. The van der Waals surface area contributed by atoms with E-state index in [-0.39, 0.29) is 31.7 Å². The van der Waals surface area contributed by atoms with Gasteiger partial charge in [-0.2, -0.15) is 18.4 Å². The number of carbonyl (C=O) groups is 1. The molecule has 0 aliphatic carbocycles. The minimum Gasteiger partial charge on any atom is -0.344 e. The van der Waals surface area contributed by atoms with Crippen molar-refractivity contribution in [2.45, 2.75) is 25.4 Å². The number of alkyl halides is 3. The third kappa shape index (κ3) is 5.07. The molecule has 1 fully saturated rings. The van der Waals surface area contributed by atoms with Gasteiger partial charge in [-0.3, -0.25) is 9.69 Å². The van der Waals surface area contributed by atoms with Gasteiger partial charge in [0, 0.05) is 13.6 Å². The van der Waals surface area contributed by atoms with Crippen LogP contribution >= 0.6 is 0 Å². The Hall–Kier alpha value is -1.29. The number of rotatable bonds is 4. The second-order valence-electron chi connectivity index (χ2n) is 4.82. The molecule has 0 N–H and O–H groups in total. The second kappa shape index (κ2) is 6.75. The summed E-state index contributed by atoms with van der Waals surface area (Å²) in [5.74, 6) is -1.39. The van der Waals surface area contributed by atoms with Gasteiger partial charge in [0.15, 0.2) is 0 Å². The van der Waals surface area contributed by atoms with Gasteiger partial charge in [0.25, 0.3) is 0 Å². The fourth-order valence-corrected chi connectivity index (χ4v) is 2.07. The molecule has 1 heterocycles. The Labute approximate surface area is 110 Å². The highest BCUT2D eigenvalue weighted by molar-refractivity contribution is 5.78. The largest absolute Gasteiger partial charge is 0.391 e. The fraction of sp³-hybridized carbons (Fsp3) is 0.833. The van der Waals surface area contributed by atoms with Crippen LogP contribution in [-0.4, -0.2) is 55.1 Å². The van der Waals surface area contributed by atoms with E-state index >= 15 is 0 Å². The molecule has 0 spiro atoms. The third-order valence-corrected chi connectivity index (χ3v) is 3.39. The van der Waals surface area contributed by atoms with Crippen LogP contribution in [0.15, 0.2) is 0 Å². The van der Waals surface area contributed by atoms with Crippen molar-refractivity contribution >= 4 is 5.91 Å². The van der Waals surface area contributed by atoms with Gasteiger partial charge in [-0.1, -0.05) is 0 Å². The maximum absolute atomic E-state index is 12.5. The quantitative estimate of drug-likeness (QED) is 0.784. The highest BCUT2D eigenvalue weighted by Gasteiger charge is 2.41. The normalized spacial score (nSPS) is 18.1. The molecule has 4 nitrogen and oxygen atoms in total. The molecule has 7 heteroatoms. The van der Waals surface area contributed by atoms with E-state index in [4.69, 9.17) is 5.26 Å². The lowest BCUT2D eigenvalue weighted by molar-refractivity contribution is -0.185. The summed E-state index contributed by atoms with van der Waals surface area (Å²) < 4.78 is 37.4. The monoisotopic (exact) mass is 277 g/mol. The van der Waals surface area contributed by atoms with Crippen molar-refractivity contribution < 1.29 is 18.0 Å². The van der Waals surface area contributed by atoms with E-state index in [2.05, 4.69) is 0 Å². The van der Waals surface area contributed by atoms with E-state index in [9.17, 15) is 18.0 Å².